The third-order valence-corrected chi connectivity index (χ3v) is 3.51. The first kappa shape index (κ1) is 15.2. The lowest BCUT2D eigenvalue weighted by Crippen LogP contribution is -2.23. The molecular weight excluding hydrogens is 284 g/mol. The fourth-order valence-corrected chi connectivity index (χ4v) is 2.33. The number of carbonyl (C=O) groups excluding carboxylic acids is 1. The Labute approximate surface area is 127 Å². The molecule has 0 aliphatic carbocycles. The van der Waals surface area contributed by atoms with Gasteiger partial charge < -0.3 is 10.4 Å². The van der Waals surface area contributed by atoms with Gasteiger partial charge in [-0.3, -0.25) is 4.79 Å². The SMILES string of the molecule is Cc1nc(CNC(=O)c2cccc(C#CCCO)c2)cs1. The number of rotatable bonds is 4. The summed E-state index contributed by atoms with van der Waals surface area (Å²) in [6, 6.07) is 7.13. The Hall–Kier alpha value is -2.16. The van der Waals surface area contributed by atoms with Crippen molar-refractivity contribution in [2.45, 2.75) is 19.9 Å². The number of aromatic nitrogens is 1. The number of hydrogen-bond acceptors (Lipinski definition) is 4. The molecule has 0 radical (unpaired) electrons. The number of benzene rings is 1. The van der Waals surface area contributed by atoms with Crippen molar-refractivity contribution >= 4 is 17.2 Å². The average molecular weight is 300 g/mol. The van der Waals surface area contributed by atoms with Crippen LogP contribution in [0.25, 0.3) is 0 Å². The Morgan fingerprint density at radius 2 is 2.33 bits per heavy atom. The highest BCUT2D eigenvalue weighted by Gasteiger charge is 2.06. The second-order valence-electron chi connectivity index (χ2n) is 4.40. The van der Waals surface area contributed by atoms with Crippen LogP contribution in [0.3, 0.4) is 0 Å². The number of nitrogens with zero attached hydrogens (tertiary/aromatic N) is 1. The minimum Gasteiger partial charge on any atom is -0.395 e. The Morgan fingerprint density at radius 3 is 3.05 bits per heavy atom. The summed E-state index contributed by atoms with van der Waals surface area (Å²) in [7, 11) is 0. The maximum absolute atomic E-state index is 12.1. The predicted molar refractivity (Wildman–Crippen MR) is 83.0 cm³/mol. The Morgan fingerprint density at radius 1 is 1.48 bits per heavy atom. The topological polar surface area (TPSA) is 62.2 Å². The van der Waals surface area contributed by atoms with E-state index in [2.05, 4.69) is 22.1 Å². The molecule has 2 aromatic rings. The number of thiazole rings is 1. The van der Waals surface area contributed by atoms with Gasteiger partial charge in [-0.2, -0.15) is 0 Å². The number of aryl methyl sites for hydroxylation is 1. The van der Waals surface area contributed by atoms with Crippen molar-refractivity contribution in [2.24, 2.45) is 0 Å². The number of nitrogens with one attached hydrogen (secondary N) is 1. The normalized spacial score (nSPS) is 9.81. The first-order valence-corrected chi connectivity index (χ1v) is 7.46. The zero-order valence-electron chi connectivity index (χ0n) is 11.7. The van der Waals surface area contributed by atoms with Crippen molar-refractivity contribution < 1.29 is 9.90 Å². The molecule has 5 heteroatoms. The Balaban J connectivity index is 1.99. The van der Waals surface area contributed by atoms with Gasteiger partial charge >= 0.3 is 0 Å². The van der Waals surface area contributed by atoms with Crippen LogP contribution >= 0.6 is 11.3 Å². The van der Waals surface area contributed by atoms with Crippen LogP contribution in [0, 0.1) is 18.8 Å². The van der Waals surface area contributed by atoms with E-state index >= 15 is 0 Å². The van der Waals surface area contributed by atoms with Gasteiger partial charge in [-0.05, 0) is 25.1 Å². The van der Waals surface area contributed by atoms with E-state index in [0.717, 1.165) is 16.3 Å². The van der Waals surface area contributed by atoms with E-state index in [-0.39, 0.29) is 12.5 Å². The van der Waals surface area contributed by atoms with Crippen molar-refractivity contribution in [3.63, 3.8) is 0 Å². The lowest BCUT2D eigenvalue weighted by atomic mass is 10.1. The van der Waals surface area contributed by atoms with Crippen LogP contribution in [0.15, 0.2) is 29.6 Å². The van der Waals surface area contributed by atoms with Gasteiger partial charge in [-0.1, -0.05) is 17.9 Å². The monoisotopic (exact) mass is 300 g/mol. The molecule has 1 amide bonds. The van der Waals surface area contributed by atoms with E-state index in [4.69, 9.17) is 5.11 Å². The highest BCUT2D eigenvalue weighted by molar-refractivity contribution is 7.09. The number of amides is 1. The van der Waals surface area contributed by atoms with Crippen LogP contribution < -0.4 is 5.32 Å². The molecule has 0 bridgehead atoms. The third-order valence-electron chi connectivity index (χ3n) is 2.69. The van der Waals surface area contributed by atoms with E-state index < -0.39 is 0 Å². The van der Waals surface area contributed by atoms with Gasteiger partial charge in [0, 0.05) is 22.9 Å². The maximum Gasteiger partial charge on any atom is 0.251 e. The molecule has 2 rings (SSSR count). The van der Waals surface area contributed by atoms with Gasteiger partial charge in [0.2, 0.25) is 0 Å². The van der Waals surface area contributed by atoms with Gasteiger partial charge in [-0.25, -0.2) is 4.98 Å². The molecule has 0 atom stereocenters. The number of carbonyl (C=O) groups is 1. The molecule has 0 aliphatic heterocycles. The molecule has 0 saturated heterocycles. The van der Waals surface area contributed by atoms with Crippen LogP contribution in [0.5, 0.6) is 0 Å². The Bertz CT molecular complexity index is 683. The third kappa shape index (κ3) is 4.71. The fourth-order valence-electron chi connectivity index (χ4n) is 1.72. The van der Waals surface area contributed by atoms with Gasteiger partial charge in [0.25, 0.3) is 5.91 Å². The van der Waals surface area contributed by atoms with E-state index in [1.54, 1.807) is 29.5 Å². The minimum absolute atomic E-state index is 0.0419. The molecule has 2 N–H and O–H groups in total. The van der Waals surface area contributed by atoms with Gasteiger partial charge in [0.1, 0.15) is 0 Å². The molecule has 0 unspecified atom stereocenters. The standard InChI is InChI=1S/C16H16N2O2S/c1-12-18-15(11-21-12)10-17-16(20)14-7-4-6-13(9-14)5-2-3-8-19/h4,6-7,9,11,19H,3,8,10H2,1H3,(H,17,20). The highest BCUT2D eigenvalue weighted by atomic mass is 32.1. The quantitative estimate of drug-likeness (QED) is 0.850. The smallest absolute Gasteiger partial charge is 0.251 e. The van der Waals surface area contributed by atoms with Crippen molar-refractivity contribution in [1.82, 2.24) is 10.3 Å². The molecule has 0 aliphatic rings. The van der Waals surface area contributed by atoms with E-state index in [1.807, 2.05) is 18.4 Å². The van der Waals surface area contributed by atoms with Crippen molar-refractivity contribution in [1.29, 1.82) is 0 Å². The fraction of sp³-hybridized carbons (Fsp3) is 0.250. The summed E-state index contributed by atoms with van der Waals surface area (Å²) in [5, 5.41) is 14.5. The van der Waals surface area contributed by atoms with Crippen LogP contribution in [0.4, 0.5) is 0 Å². The van der Waals surface area contributed by atoms with Gasteiger partial charge in [0.15, 0.2) is 0 Å². The van der Waals surface area contributed by atoms with Gasteiger partial charge in [-0.15, -0.1) is 11.3 Å². The maximum atomic E-state index is 12.1. The van der Waals surface area contributed by atoms with Crippen LogP contribution in [0.1, 0.15) is 33.0 Å². The van der Waals surface area contributed by atoms with Crippen LogP contribution in [-0.2, 0) is 6.54 Å². The van der Waals surface area contributed by atoms with Crippen molar-refractivity contribution in [3.05, 3.63) is 51.5 Å². The molecule has 21 heavy (non-hydrogen) atoms. The molecule has 108 valence electrons. The first-order valence-electron chi connectivity index (χ1n) is 6.58. The first-order chi connectivity index (χ1) is 10.2. The molecule has 1 aromatic carbocycles. The highest BCUT2D eigenvalue weighted by Crippen LogP contribution is 2.08. The summed E-state index contributed by atoms with van der Waals surface area (Å²) in [6.45, 7) is 2.40. The van der Waals surface area contributed by atoms with E-state index in [9.17, 15) is 4.79 Å². The molecule has 4 nitrogen and oxygen atoms in total. The van der Waals surface area contributed by atoms with Crippen LogP contribution in [-0.4, -0.2) is 22.6 Å². The molecule has 0 spiro atoms. The number of aliphatic hydroxyl groups excluding tert-OH is 1. The van der Waals surface area contributed by atoms with Crippen LogP contribution in [0.2, 0.25) is 0 Å². The van der Waals surface area contributed by atoms with Crippen molar-refractivity contribution in [3.8, 4) is 11.8 Å². The predicted octanol–water partition coefficient (Wildman–Crippen LogP) is 2.12. The summed E-state index contributed by atoms with van der Waals surface area (Å²) in [4.78, 5) is 16.4. The molecule has 0 fully saturated rings. The summed E-state index contributed by atoms with van der Waals surface area (Å²) >= 11 is 1.56. The largest absolute Gasteiger partial charge is 0.395 e. The second kappa shape index (κ2) is 7.58. The molecule has 0 saturated carbocycles. The summed E-state index contributed by atoms with van der Waals surface area (Å²) in [5.74, 6) is 5.61. The summed E-state index contributed by atoms with van der Waals surface area (Å²) in [5.41, 5.74) is 2.20. The number of hydrogen-bond donors (Lipinski definition) is 2. The molecule has 1 heterocycles. The summed E-state index contributed by atoms with van der Waals surface area (Å²) < 4.78 is 0. The number of aliphatic hydroxyl groups is 1. The lowest BCUT2D eigenvalue weighted by molar-refractivity contribution is 0.0950. The second-order valence-corrected chi connectivity index (χ2v) is 5.46. The minimum atomic E-state index is -0.147. The van der Waals surface area contributed by atoms with Crippen molar-refractivity contribution in [2.75, 3.05) is 6.61 Å². The average Bonchev–Trinajstić information content (AvgIpc) is 2.91. The lowest BCUT2D eigenvalue weighted by Gasteiger charge is -2.03. The van der Waals surface area contributed by atoms with E-state index in [0.29, 0.717) is 18.5 Å². The summed E-state index contributed by atoms with van der Waals surface area (Å²) in [6.07, 6.45) is 0.430. The Kier molecular flexibility index (Phi) is 5.50. The molecule has 1 aromatic heterocycles. The zero-order chi connectivity index (χ0) is 15.1. The van der Waals surface area contributed by atoms with Gasteiger partial charge in [0.05, 0.1) is 23.9 Å². The van der Waals surface area contributed by atoms with E-state index in [1.165, 1.54) is 0 Å². The molecular formula is C16H16N2O2S. The zero-order valence-corrected chi connectivity index (χ0v) is 12.5.